The monoisotopic (exact) mass is 190 g/mol. The van der Waals surface area contributed by atoms with E-state index >= 15 is 0 Å². The molecule has 0 aliphatic heterocycles. The number of aliphatic imine (C=N–C) groups is 1. The van der Waals surface area contributed by atoms with E-state index in [0.717, 1.165) is 12.1 Å². The molecule has 0 fully saturated rings. The van der Waals surface area contributed by atoms with Crippen molar-refractivity contribution in [1.29, 1.82) is 0 Å². The number of hydrogen-bond acceptors (Lipinski definition) is 3. The van der Waals surface area contributed by atoms with Gasteiger partial charge in [0.1, 0.15) is 6.04 Å². The molecule has 1 unspecified atom stereocenters. The summed E-state index contributed by atoms with van der Waals surface area (Å²) in [4.78, 5) is 16.0. The van der Waals surface area contributed by atoms with Gasteiger partial charge >= 0.3 is 0 Å². The van der Waals surface area contributed by atoms with Crippen LogP contribution >= 0.6 is 0 Å². The van der Waals surface area contributed by atoms with Crippen molar-refractivity contribution in [2.24, 2.45) is 4.99 Å². The van der Waals surface area contributed by atoms with Crippen molar-refractivity contribution < 1.29 is 4.79 Å². The molecule has 0 heterocycles. The third-order valence-corrected chi connectivity index (χ3v) is 1.93. The average Bonchev–Trinajstić information content (AvgIpc) is 2.18. The highest BCUT2D eigenvalue weighted by Crippen LogP contribution is 2.16. The molecule has 0 bridgehead atoms. The molecule has 0 saturated carbocycles. The molecule has 1 atom stereocenters. The van der Waals surface area contributed by atoms with Gasteiger partial charge in [-0.1, -0.05) is 30.3 Å². The fourth-order valence-corrected chi connectivity index (χ4v) is 1.31. The summed E-state index contributed by atoms with van der Waals surface area (Å²) in [6, 6.07) is 9.66. The molecule has 0 spiro atoms. The van der Waals surface area contributed by atoms with Crippen molar-refractivity contribution in [2.75, 3.05) is 20.6 Å². The van der Waals surface area contributed by atoms with Gasteiger partial charge in [-0.15, -0.1) is 0 Å². The quantitative estimate of drug-likeness (QED) is 0.534. The van der Waals surface area contributed by atoms with E-state index in [1.165, 1.54) is 0 Å². The summed E-state index contributed by atoms with van der Waals surface area (Å²) in [5.41, 5.74) is 1.05. The summed E-state index contributed by atoms with van der Waals surface area (Å²) >= 11 is 0. The normalized spacial score (nSPS) is 12.2. The van der Waals surface area contributed by atoms with Crippen LogP contribution in [0.15, 0.2) is 35.3 Å². The lowest BCUT2D eigenvalue weighted by Gasteiger charge is -2.15. The minimum atomic E-state index is -0.108. The van der Waals surface area contributed by atoms with Crippen LogP contribution in [0.1, 0.15) is 11.6 Å². The maximum atomic E-state index is 10.3. The molecular weight excluding hydrogens is 176 g/mol. The second-order valence-corrected chi connectivity index (χ2v) is 3.41. The third-order valence-electron chi connectivity index (χ3n) is 1.93. The Morgan fingerprint density at radius 2 is 2.00 bits per heavy atom. The molecule has 0 aliphatic carbocycles. The Balaban J connectivity index is 2.83. The first kappa shape index (κ1) is 10.6. The van der Waals surface area contributed by atoms with Crippen LogP contribution in [0.25, 0.3) is 0 Å². The lowest BCUT2D eigenvalue weighted by atomic mass is 10.1. The molecule has 0 radical (unpaired) electrons. The van der Waals surface area contributed by atoms with E-state index in [0.29, 0.717) is 0 Å². The van der Waals surface area contributed by atoms with Crippen molar-refractivity contribution in [3.63, 3.8) is 0 Å². The van der Waals surface area contributed by atoms with Crippen molar-refractivity contribution in [2.45, 2.75) is 6.04 Å². The minimum absolute atomic E-state index is 0.108. The second-order valence-electron chi connectivity index (χ2n) is 3.41. The molecule has 1 aromatic carbocycles. The fraction of sp³-hybridized carbons (Fsp3) is 0.364. The van der Waals surface area contributed by atoms with Gasteiger partial charge in [0.2, 0.25) is 6.08 Å². The van der Waals surface area contributed by atoms with E-state index in [1.807, 2.05) is 49.3 Å². The van der Waals surface area contributed by atoms with Crippen molar-refractivity contribution in [3.8, 4) is 0 Å². The summed E-state index contributed by atoms with van der Waals surface area (Å²) in [7, 11) is 3.91. The van der Waals surface area contributed by atoms with Crippen LogP contribution in [0.2, 0.25) is 0 Å². The summed E-state index contributed by atoms with van der Waals surface area (Å²) in [6.07, 6.45) is 1.62. The standard InChI is InChI=1S/C11H14N2O/c1-13(2)8-11(12-9-14)10-6-4-3-5-7-10/h3-7,11H,8H2,1-2H3. The minimum Gasteiger partial charge on any atom is -0.307 e. The van der Waals surface area contributed by atoms with Crippen molar-refractivity contribution in [3.05, 3.63) is 35.9 Å². The van der Waals surface area contributed by atoms with Crippen LogP contribution in [-0.2, 0) is 4.79 Å². The Kier molecular flexibility index (Phi) is 4.05. The number of carbonyl (C=O) groups excluding carboxylic acids is 1. The number of benzene rings is 1. The van der Waals surface area contributed by atoms with E-state index in [1.54, 1.807) is 6.08 Å². The van der Waals surface area contributed by atoms with Crippen molar-refractivity contribution >= 4 is 6.08 Å². The lowest BCUT2D eigenvalue weighted by molar-refractivity contribution is 0.377. The summed E-state index contributed by atoms with van der Waals surface area (Å²) in [5.74, 6) is 0. The van der Waals surface area contributed by atoms with E-state index in [4.69, 9.17) is 0 Å². The first-order valence-corrected chi connectivity index (χ1v) is 4.50. The Hall–Kier alpha value is -1.44. The Labute approximate surface area is 84.1 Å². The van der Waals surface area contributed by atoms with Gasteiger partial charge in [0.05, 0.1) is 0 Å². The molecule has 3 nitrogen and oxygen atoms in total. The molecule has 14 heavy (non-hydrogen) atoms. The van der Waals surface area contributed by atoms with Gasteiger partial charge < -0.3 is 4.90 Å². The van der Waals surface area contributed by atoms with Crippen LogP contribution in [0.5, 0.6) is 0 Å². The largest absolute Gasteiger partial charge is 0.307 e. The van der Waals surface area contributed by atoms with E-state index in [2.05, 4.69) is 4.99 Å². The zero-order chi connectivity index (χ0) is 10.4. The smallest absolute Gasteiger partial charge is 0.235 e. The van der Waals surface area contributed by atoms with Crippen LogP contribution in [0.4, 0.5) is 0 Å². The Morgan fingerprint density at radius 3 is 2.50 bits per heavy atom. The highest BCUT2D eigenvalue weighted by molar-refractivity contribution is 5.35. The third kappa shape index (κ3) is 3.13. The predicted molar refractivity (Wildman–Crippen MR) is 55.9 cm³/mol. The van der Waals surface area contributed by atoms with Crippen molar-refractivity contribution in [1.82, 2.24) is 4.90 Å². The van der Waals surface area contributed by atoms with Gasteiger partial charge in [-0.05, 0) is 19.7 Å². The van der Waals surface area contributed by atoms with Crippen LogP contribution in [-0.4, -0.2) is 31.6 Å². The van der Waals surface area contributed by atoms with Gasteiger partial charge in [0, 0.05) is 6.54 Å². The predicted octanol–water partition coefficient (Wildman–Crippen LogP) is 1.63. The molecular formula is C11H14N2O. The van der Waals surface area contributed by atoms with Crippen LogP contribution in [0.3, 0.4) is 0 Å². The number of isocyanates is 1. The highest BCUT2D eigenvalue weighted by Gasteiger charge is 2.09. The van der Waals surface area contributed by atoms with E-state index in [-0.39, 0.29) is 6.04 Å². The van der Waals surface area contributed by atoms with Gasteiger partial charge in [-0.3, -0.25) is 0 Å². The molecule has 0 N–H and O–H groups in total. The summed E-state index contributed by atoms with van der Waals surface area (Å²) in [6.45, 7) is 0.721. The average molecular weight is 190 g/mol. The SMILES string of the molecule is CN(C)CC(N=C=O)c1ccccc1. The van der Waals surface area contributed by atoms with Crippen LogP contribution in [0, 0.1) is 0 Å². The Bertz CT molecular complexity index is 315. The molecule has 1 aromatic rings. The molecule has 3 heteroatoms. The first-order valence-electron chi connectivity index (χ1n) is 4.50. The summed E-state index contributed by atoms with van der Waals surface area (Å²) < 4.78 is 0. The molecule has 1 rings (SSSR count). The van der Waals surface area contributed by atoms with E-state index < -0.39 is 0 Å². The molecule has 74 valence electrons. The Morgan fingerprint density at radius 1 is 1.36 bits per heavy atom. The van der Waals surface area contributed by atoms with E-state index in [9.17, 15) is 4.79 Å². The zero-order valence-electron chi connectivity index (χ0n) is 8.47. The molecule has 0 aromatic heterocycles. The fourth-order valence-electron chi connectivity index (χ4n) is 1.31. The zero-order valence-corrected chi connectivity index (χ0v) is 8.47. The molecule has 0 saturated heterocycles. The number of nitrogens with zero attached hydrogens (tertiary/aromatic N) is 2. The van der Waals surface area contributed by atoms with Gasteiger partial charge in [-0.25, -0.2) is 4.79 Å². The maximum absolute atomic E-state index is 10.3. The maximum Gasteiger partial charge on any atom is 0.235 e. The molecule has 0 amide bonds. The first-order chi connectivity index (χ1) is 6.74. The molecule has 0 aliphatic rings. The summed E-state index contributed by atoms with van der Waals surface area (Å²) in [5, 5.41) is 0. The van der Waals surface area contributed by atoms with Gasteiger partial charge in [0.25, 0.3) is 0 Å². The number of likely N-dealkylation sites (N-methyl/N-ethyl adjacent to an activating group) is 1. The van der Waals surface area contributed by atoms with Gasteiger partial charge in [-0.2, -0.15) is 4.99 Å². The number of hydrogen-bond donors (Lipinski definition) is 0. The second kappa shape index (κ2) is 5.32. The highest BCUT2D eigenvalue weighted by atomic mass is 16.1. The van der Waals surface area contributed by atoms with Gasteiger partial charge in [0.15, 0.2) is 0 Å². The topological polar surface area (TPSA) is 32.7 Å². The van der Waals surface area contributed by atoms with Crippen LogP contribution < -0.4 is 0 Å². The number of rotatable bonds is 4. The lowest BCUT2D eigenvalue weighted by Crippen LogP contribution is -2.19.